The van der Waals surface area contributed by atoms with Gasteiger partial charge in [0.2, 0.25) is 0 Å². The number of hydrogen-bond acceptors (Lipinski definition) is 4. The first-order valence-corrected chi connectivity index (χ1v) is 7.64. The third-order valence-electron chi connectivity index (χ3n) is 4.12. The molecule has 0 amide bonds. The van der Waals surface area contributed by atoms with Gasteiger partial charge in [0, 0.05) is 26.4 Å². The van der Waals surface area contributed by atoms with Crippen LogP contribution in [0.4, 0.5) is 20.2 Å². The second-order valence-corrected chi connectivity index (χ2v) is 5.67. The van der Waals surface area contributed by atoms with Gasteiger partial charge in [-0.1, -0.05) is 6.92 Å². The van der Waals surface area contributed by atoms with Crippen molar-refractivity contribution in [2.45, 2.75) is 13.3 Å². The van der Waals surface area contributed by atoms with E-state index in [1.165, 1.54) is 24.9 Å². The quantitative estimate of drug-likeness (QED) is 0.790. The van der Waals surface area contributed by atoms with Crippen molar-refractivity contribution >= 4 is 22.4 Å². The van der Waals surface area contributed by atoms with E-state index in [-0.39, 0.29) is 16.7 Å². The zero-order valence-corrected chi connectivity index (χ0v) is 13.9. The van der Waals surface area contributed by atoms with Gasteiger partial charge in [-0.25, -0.2) is 18.6 Å². The molecule has 0 atom stereocenters. The van der Waals surface area contributed by atoms with E-state index in [4.69, 9.17) is 0 Å². The lowest BCUT2D eigenvalue weighted by molar-refractivity contribution is 0.603. The maximum atomic E-state index is 14.0. The van der Waals surface area contributed by atoms with Gasteiger partial charge in [0.15, 0.2) is 5.65 Å². The molecule has 0 radical (unpaired) electrons. The standard InChI is InChI=1S/C17H16F2N4O2/c1-4-9-8-20-15-13(16(24)23(3)17(25)22(15)2)14(9)21-12-7-10(18)5-6-11(12)19/h5-8H,4H2,1-3H3,(H,20,21). The van der Waals surface area contributed by atoms with Crippen LogP contribution in [0.2, 0.25) is 0 Å². The van der Waals surface area contributed by atoms with Crippen molar-refractivity contribution in [3.05, 3.63) is 62.4 Å². The van der Waals surface area contributed by atoms with E-state index in [2.05, 4.69) is 10.3 Å². The number of halogens is 2. The number of nitrogens with one attached hydrogen (secondary N) is 1. The molecule has 0 aliphatic heterocycles. The van der Waals surface area contributed by atoms with Gasteiger partial charge in [0.1, 0.15) is 17.0 Å². The minimum Gasteiger partial charge on any atom is -0.352 e. The van der Waals surface area contributed by atoms with Crippen LogP contribution in [0, 0.1) is 11.6 Å². The second kappa shape index (κ2) is 6.12. The Kier molecular flexibility index (Phi) is 4.12. The van der Waals surface area contributed by atoms with E-state index in [0.717, 1.165) is 22.8 Å². The van der Waals surface area contributed by atoms with Crippen molar-refractivity contribution in [1.29, 1.82) is 0 Å². The molecule has 0 fully saturated rings. The monoisotopic (exact) mass is 346 g/mol. The number of anilines is 2. The van der Waals surface area contributed by atoms with E-state index in [1.807, 2.05) is 6.92 Å². The zero-order chi connectivity index (χ0) is 18.3. The van der Waals surface area contributed by atoms with Crippen LogP contribution < -0.4 is 16.6 Å². The van der Waals surface area contributed by atoms with Crippen LogP contribution in [0.5, 0.6) is 0 Å². The van der Waals surface area contributed by atoms with Crippen molar-refractivity contribution in [2.24, 2.45) is 14.1 Å². The molecule has 0 bridgehead atoms. The van der Waals surface area contributed by atoms with Gasteiger partial charge >= 0.3 is 5.69 Å². The molecule has 0 saturated carbocycles. The summed E-state index contributed by atoms with van der Waals surface area (Å²) in [5.74, 6) is -1.27. The lowest BCUT2D eigenvalue weighted by Gasteiger charge is -2.16. The van der Waals surface area contributed by atoms with Crippen LogP contribution in [-0.2, 0) is 20.5 Å². The molecular weight excluding hydrogens is 330 g/mol. The summed E-state index contributed by atoms with van der Waals surface area (Å²) in [6.07, 6.45) is 2.02. The number of fused-ring (bicyclic) bond motifs is 1. The average Bonchev–Trinajstić information content (AvgIpc) is 2.60. The fourth-order valence-corrected chi connectivity index (χ4v) is 2.71. The summed E-state index contributed by atoms with van der Waals surface area (Å²) in [6.45, 7) is 1.85. The van der Waals surface area contributed by atoms with Gasteiger partial charge in [0.25, 0.3) is 5.56 Å². The summed E-state index contributed by atoms with van der Waals surface area (Å²) in [5.41, 5.74) is -0.0415. The largest absolute Gasteiger partial charge is 0.352 e. The molecule has 1 N–H and O–H groups in total. The molecule has 25 heavy (non-hydrogen) atoms. The highest BCUT2D eigenvalue weighted by Gasteiger charge is 2.18. The molecule has 3 rings (SSSR count). The van der Waals surface area contributed by atoms with Gasteiger partial charge < -0.3 is 5.32 Å². The average molecular weight is 346 g/mol. The Labute approximate surface area is 141 Å². The molecule has 0 saturated heterocycles. The van der Waals surface area contributed by atoms with Crippen LogP contribution in [0.25, 0.3) is 11.0 Å². The van der Waals surface area contributed by atoms with E-state index in [9.17, 15) is 18.4 Å². The summed E-state index contributed by atoms with van der Waals surface area (Å²) >= 11 is 0. The highest BCUT2D eigenvalue weighted by atomic mass is 19.1. The summed E-state index contributed by atoms with van der Waals surface area (Å²) in [5, 5.41) is 2.95. The zero-order valence-electron chi connectivity index (χ0n) is 13.9. The molecule has 0 unspecified atom stereocenters. The van der Waals surface area contributed by atoms with Crippen molar-refractivity contribution in [3.63, 3.8) is 0 Å². The number of pyridine rings is 1. The van der Waals surface area contributed by atoms with Crippen LogP contribution in [0.1, 0.15) is 12.5 Å². The maximum Gasteiger partial charge on any atom is 0.332 e. The van der Waals surface area contributed by atoms with Gasteiger partial charge in [-0.05, 0) is 24.1 Å². The maximum absolute atomic E-state index is 14.0. The number of aryl methyl sites for hydroxylation is 2. The first-order chi connectivity index (χ1) is 11.8. The van der Waals surface area contributed by atoms with Crippen molar-refractivity contribution < 1.29 is 8.78 Å². The third kappa shape index (κ3) is 2.69. The predicted octanol–water partition coefficient (Wildman–Crippen LogP) is 2.22. The lowest BCUT2D eigenvalue weighted by Crippen LogP contribution is -2.37. The number of benzene rings is 1. The molecule has 0 aliphatic rings. The van der Waals surface area contributed by atoms with Crippen molar-refractivity contribution in [3.8, 4) is 0 Å². The Morgan fingerprint density at radius 2 is 1.88 bits per heavy atom. The van der Waals surface area contributed by atoms with Crippen molar-refractivity contribution in [2.75, 3.05) is 5.32 Å². The highest BCUT2D eigenvalue weighted by Crippen LogP contribution is 2.28. The Bertz CT molecular complexity index is 1100. The predicted molar refractivity (Wildman–Crippen MR) is 91.2 cm³/mol. The van der Waals surface area contributed by atoms with E-state index in [0.29, 0.717) is 17.7 Å². The smallest absolute Gasteiger partial charge is 0.332 e. The Morgan fingerprint density at radius 3 is 2.56 bits per heavy atom. The molecule has 6 nitrogen and oxygen atoms in total. The number of aromatic nitrogens is 3. The number of rotatable bonds is 3. The molecule has 1 aromatic carbocycles. The van der Waals surface area contributed by atoms with Crippen LogP contribution >= 0.6 is 0 Å². The fourth-order valence-electron chi connectivity index (χ4n) is 2.71. The molecule has 2 aromatic heterocycles. The third-order valence-corrected chi connectivity index (χ3v) is 4.12. The van der Waals surface area contributed by atoms with E-state index >= 15 is 0 Å². The molecule has 3 aromatic rings. The lowest BCUT2D eigenvalue weighted by atomic mass is 10.1. The molecule has 0 aliphatic carbocycles. The molecule has 8 heteroatoms. The van der Waals surface area contributed by atoms with Gasteiger partial charge in [0.05, 0.1) is 11.4 Å². The Balaban J connectivity index is 2.38. The first kappa shape index (κ1) is 16.8. The second-order valence-electron chi connectivity index (χ2n) is 5.67. The van der Waals surface area contributed by atoms with Gasteiger partial charge in [-0.2, -0.15) is 0 Å². The molecule has 130 valence electrons. The highest BCUT2D eigenvalue weighted by molar-refractivity contribution is 5.92. The molecule has 2 heterocycles. The first-order valence-electron chi connectivity index (χ1n) is 7.64. The minimum atomic E-state index is -0.657. The number of hydrogen-bond donors (Lipinski definition) is 1. The van der Waals surface area contributed by atoms with Crippen LogP contribution in [0.15, 0.2) is 34.0 Å². The number of nitrogens with zero attached hydrogens (tertiary/aromatic N) is 3. The summed E-state index contributed by atoms with van der Waals surface area (Å²) in [4.78, 5) is 28.9. The summed E-state index contributed by atoms with van der Waals surface area (Å²) in [7, 11) is 2.85. The fraction of sp³-hybridized carbons (Fsp3) is 0.235. The summed E-state index contributed by atoms with van der Waals surface area (Å²) < 4.78 is 29.7. The normalized spacial score (nSPS) is 11.1. The van der Waals surface area contributed by atoms with Gasteiger partial charge in [-0.3, -0.25) is 13.9 Å². The van der Waals surface area contributed by atoms with Crippen LogP contribution in [0.3, 0.4) is 0 Å². The molecular formula is C17H16F2N4O2. The minimum absolute atomic E-state index is 0.0990. The molecule has 0 spiro atoms. The van der Waals surface area contributed by atoms with Crippen molar-refractivity contribution in [1.82, 2.24) is 14.1 Å². The topological polar surface area (TPSA) is 68.9 Å². The summed E-state index contributed by atoms with van der Waals surface area (Å²) in [6, 6.07) is 3.02. The SMILES string of the molecule is CCc1cnc2c(c1Nc1cc(F)ccc1F)c(=O)n(C)c(=O)n2C. The van der Waals surface area contributed by atoms with Crippen LogP contribution in [-0.4, -0.2) is 14.1 Å². The Morgan fingerprint density at radius 1 is 1.16 bits per heavy atom. The van der Waals surface area contributed by atoms with E-state index < -0.39 is 22.9 Å². The Hall–Kier alpha value is -3.03. The van der Waals surface area contributed by atoms with E-state index in [1.54, 1.807) is 0 Å². The van der Waals surface area contributed by atoms with Gasteiger partial charge in [-0.15, -0.1) is 0 Å².